The van der Waals surface area contributed by atoms with Crippen LogP contribution in [0.2, 0.25) is 0 Å². The van der Waals surface area contributed by atoms with E-state index in [4.69, 9.17) is 5.73 Å². The van der Waals surface area contributed by atoms with Crippen LogP contribution in [-0.2, 0) is 6.42 Å². The molecule has 0 aromatic heterocycles. The molecule has 0 unspecified atom stereocenters. The van der Waals surface area contributed by atoms with Gasteiger partial charge in [0.1, 0.15) is 0 Å². The minimum absolute atomic E-state index is 0.887. The van der Waals surface area contributed by atoms with Crippen LogP contribution in [-0.4, -0.2) is 6.54 Å². The summed E-state index contributed by atoms with van der Waals surface area (Å²) in [6, 6.07) is 4.21. The van der Waals surface area contributed by atoms with Gasteiger partial charge in [-0.2, -0.15) is 0 Å². The predicted molar refractivity (Wildman–Crippen MR) is 47.8 cm³/mol. The molecule has 3 N–H and O–H groups in total. The Labute approximate surface area is 66.4 Å². The van der Waals surface area contributed by atoms with E-state index in [1.807, 2.05) is 6.07 Å². The second-order valence-corrected chi connectivity index (χ2v) is 3.07. The number of aryl methyl sites for hydroxylation is 1. The highest BCUT2D eigenvalue weighted by Gasteiger charge is 2.12. The molecule has 1 aliphatic rings. The fourth-order valence-electron chi connectivity index (χ4n) is 1.63. The molecule has 0 fully saturated rings. The lowest BCUT2D eigenvalue weighted by Crippen LogP contribution is -1.95. The molecule has 2 rings (SSSR count). The van der Waals surface area contributed by atoms with Gasteiger partial charge in [0.05, 0.1) is 11.4 Å². The van der Waals surface area contributed by atoms with Crippen LogP contribution in [0.1, 0.15) is 11.1 Å². The van der Waals surface area contributed by atoms with E-state index in [9.17, 15) is 0 Å². The molecule has 1 heterocycles. The van der Waals surface area contributed by atoms with Gasteiger partial charge in [0.25, 0.3) is 0 Å². The number of anilines is 2. The number of nitrogen functional groups attached to an aromatic ring is 1. The van der Waals surface area contributed by atoms with E-state index in [0.717, 1.165) is 24.3 Å². The van der Waals surface area contributed by atoms with Gasteiger partial charge in [0, 0.05) is 6.54 Å². The summed E-state index contributed by atoms with van der Waals surface area (Å²) in [5.74, 6) is 0. The third-order valence-corrected chi connectivity index (χ3v) is 2.09. The number of rotatable bonds is 0. The molecule has 0 spiro atoms. The van der Waals surface area contributed by atoms with Crippen molar-refractivity contribution in [3.05, 3.63) is 23.3 Å². The van der Waals surface area contributed by atoms with Crippen LogP contribution in [0.4, 0.5) is 11.4 Å². The quantitative estimate of drug-likeness (QED) is 0.548. The molecule has 2 nitrogen and oxygen atoms in total. The Morgan fingerprint density at radius 2 is 2.27 bits per heavy atom. The molecular weight excluding hydrogens is 136 g/mol. The minimum atomic E-state index is 0.887. The van der Waals surface area contributed by atoms with Gasteiger partial charge >= 0.3 is 0 Å². The summed E-state index contributed by atoms with van der Waals surface area (Å²) in [6.45, 7) is 3.11. The smallest absolute Gasteiger partial charge is 0.0607 e. The summed E-state index contributed by atoms with van der Waals surface area (Å²) in [6.07, 6.45) is 1.11. The zero-order valence-corrected chi connectivity index (χ0v) is 6.65. The minimum Gasteiger partial charge on any atom is -0.397 e. The second-order valence-electron chi connectivity index (χ2n) is 3.07. The molecule has 58 valence electrons. The van der Waals surface area contributed by atoms with E-state index in [0.29, 0.717) is 0 Å². The maximum absolute atomic E-state index is 5.81. The zero-order chi connectivity index (χ0) is 7.84. The van der Waals surface area contributed by atoms with E-state index in [2.05, 4.69) is 18.3 Å². The predicted octanol–water partition coefficient (Wildman–Crippen LogP) is 1.55. The van der Waals surface area contributed by atoms with E-state index in [1.54, 1.807) is 0 Å². The maximum atomic E-state index is 5.81. The van der Waals surface area contributed by atoms with E-state index in [-0.39, 0.29) is 0 Å². The van der Waals surface area contributed by atoms with E-state index >= 15 is 0 Å². The van der Waals surface area contributed by atoms with Gasteiger partial charge in [-0.3, -0.25) is 0 Å². The van der Waals surface area contributed by atoms with Crippen molar-refractivity contribution in [1.82, 2.24) is 0 Å². The number of hydrogen-bond donors (Lipinski definition) is 2. The molecule has 0 saturated heterocycles. The fourth-order valence-corrected chi connectivity index (χ4v) is 1.63. The molecule has 1 aliphatic heterocycles. The first-order chi connectivity index (χ1) is 5.27. The Balaban J connectivity index is 2.60. The Hall–Kier alpha value is -1.18. The third-order valence-electron chi connectivity index (χ3n) is 2.09. The lowest BCUT2D eigenvalue weighted by Gasteiger charge is -2.04. The number of nitrogens with two attached hydrogens (primary N) is 1. The highest BCUT2D eigenvalue weighted by Crippen LogP contribution is 2.29. The summed E-state index contributed by atoms with van der Waals surface area (Å²) < 4.78 is 0. The first kappa shape index (κ1) is 6.53. The average Bonchev–Trinajstić information content (AvgIpc) is 2.34. The number of nitrogens with one attached hydrogen (secondary N) is 1. The van der Waals surface area contributed by atoms with Crippen molar-refractivity contribution in [1.29, 1.82) is 0 Å². The third kappa shape index (κ3) is 0.946. The van der Waals surface area contributed by atoms with E-state index in [1.165, 1.54) is 11.1 Å². The Morgan fingerprint density at radius 1 is 1.45 bits per heavy atom. The first-order valence-corrected chi connectivity index (χ1v) is 3.90. The Morgan fingerprint density at radius 3 is 3.09 bits per heavy atom. The summed E-state index contributed by atoms with van der Waals surface area (Å²) in [7, 11) is 0. The molecule has 0 bridgehead atoms. The molecule has 0 saturated carbocycles. The van der Waals surface area contributed by atoms with Crippen molar-refractivity contribution in [3.8, 4) is 0 Å². The normalized spacial score (nSPS) is 14.3. The number of hydrogen-bond acceptors (Lipinski definition) is 2. The summed E-state index contributed by atoms with van der Waals surface area (Å²) in [5, 5.41) is 3.27. The van der Waals surface area contributed by atoms with E-state index < -0.39 is 0 Å². The largest absolute Gasteiger partial charge is 0.397 e. The van der Waals surface area contributed by atoms with Crippen molar-refractivity contribution in [2.24, 2.45) is 0 Å². The molecule has 11 heavy (non-hydrogen) atoms. The molecule has 0 amide bonds. The van der Waals surface area contributed by atoms with Crippen molar-refractivity contribution in [2.45, 2.75) is 13.3 Å². The molecule has 1 aromatic rings. The lowest BCUT2D eigenvalue weighted by molar-refractivity contribution is 1.10. The zero-order valence-electron chi connectivity index (χ0n) is 6.65. The summed E-state index contributed by atoms with van der Waals surface area (Å²) in [4.78, 5) is 0. The van der Waals surface area contributed by atoms with Crippen LogP contribution in [0, 0.1) is 6.92 Å². The van der Waals surface area contributed by atoms with Crippen LogP contribution >= 0.6 is 0 Å². The molecule has 0 aliphatic carbocycles. The van der Waals surface area contributed by atoms with Crippen LogP contribution in [0.5, 0.6) is 0 Å². The maximum Gasteiger partial charge on any atom is 0.0607 e. The molecule has 0 radical (unpaired) electrons. The fraction of sp³-hybridized carbons (Fsp3) is 0.333. The van der Waals surface area contributed by atoms with Gasteiger partial charge in [0.2, 0.25) is 0 Å². The molecule has 2 heteroatoms. The molecule has 0 atom stereocenters. The van der Waals surface area contributed by atoms with Crippen molar-refractivity contribution in [2.75, 3.05) is 17.6 Å². The van der Waals surface area contributed by atoms with Gasteiger partial charge in [-0.05, 0) is 30.5 Å². The topological polar surface area (TPSA) is 38.0 Å². The second kappa shape index (κ2) is 2.16. The number of benzene rings is 1. The van der Waals surface area contributed by atoms with Crippen LogP contribution in [0.25, 0.3) is 0 Å². The summed E-state index contributed by atoms with van der Waals surface area (Å²) in [5.41, 5.74) is 10.5. The summed E-state index contributed by atoms with van der Waals surface area (Å²) >= 11 is 0. The highest BCUT2D eigenvalue weighted by atomic mass is 14.9. The van der Waals surface area contributed by atoms with Gasteiger partial charge in [0.15, 0.2) is 0 Å². The standard InChI is InChI=1S/C9H12N2/c1-6-4-7-2-3-11-9(7)8(10)5-6/h4-5,11H,2-3,10H2,1H3. The Kier molecular flexibility index (Phi) is 1.28. The Bertz CT molecular complexity index is 292. The van der Waals surface area contributed by atoms with Gasteiger partial charge in [-0.1, -0.05) is 6.07 Å². The van der Waals surface area contributed by atoms with Gasteiger partial charge < -0.3 is 11.1 Å². The van der Waals surface area contributed by atoms with Gasteiger partial charge in [-0.25, -0.2) is 0 Å². The van der Waals surface area contributed by atoms with Crippen LogP contribution in [0.15, 0.2) is 12.1 Å². The SMILES string of the molecule is Cc1cc(N)c2c(c1)CCN2. The van der Waals surface area contributed by atoms with Gasteiger partial charge in [-0.15, -0.1) is 0 Å². The number of fused-ring (bicyclic) bond motifs is 1. The molecular formula is C9H12N2. The van der Waals surface area contributed by atoms with Crippen molar-refractivity contribution < 1.29 is 0 Å². The van der Waals surface area contributed by atoms with Crippen molar-refractivity contribution in [3.63, 3.8) is 0 Å². The van der Waals surface area contributed by atoms with Crippen LogP contribution < -0.4 is 11.1 Å². The highest BCUT2D eigenvalue weighted by molar-refractivity contribution is 5.73. The van der Waals surface area contributed by atoms with Crippen molar-refractivity contribution >= 4 is 11.4 Å². The lowest BCUT2D eigenvalue weighted by atomic mass is 10.1. The first-order valence-electron chi connectivity index (χ1n) is 3.90. The van der Waals surface area contributed by atoms with Crippen LogP contribution in [0.3, 0.4) is 0 Å². The average molecular weight is 148 g/mol. The molecule has 1 aromatic carbocycles. The monoisotopic (exact) mass is 148 g/mol.